The van der Waals surface area contributed by atoms with Gasteiger partial charge >= 0.3 is 0 Å². The van der Waals surface area contributed by atoms with Gasteiger partial charge in [0.05, 0.1) is 12.8 Å². The van der Waals surface area contributed by atoms with Crippen molar-refractivity contribution in [2.45, 2.75) is 19.0 Å². The molecule has 1 aromatic carbocycles. The average molecular weight is 403 g/mol. The SMILES string of the molecule is CN(C)c1ccc(C(NC(=O)Cc2cccnc2)NC(=O)Cc2cccnc2)cc1. The van der Waals surface area contributed by atoms with Gasteiger partial charge in [0.1, 0.15) is 6.17 Å². The zero-order chi connectivity index (χ0) is 21.3. The van der Waals surface area contributed by atoms with E-state index in [-0.39, 0.29) is 24.7 Å². The molecule has 0 spiro atoms. The first-order valence-electron chi connectivity index (χ1n) is 9.65. The largest absolute Gasteiger partial charge is 0.378 e. The van der Waals surface area contributed by atoms with Crippen molar-refractivity contribution in [1.29, 1.82) is 0 Å². The summed E-state index contributed by atoms with van der Waals surface area (Å²) in [5.41, 5.74) is 3.43. The van der Waals surface area contributed by atoms with Crippen molar-refractivity contribution in [1.82, 2.24) is 20.6 Å². The summed E-state index contributed by atoms with van der Waals surface area (Å²) in [5, 5.41) is 5.84. The number of carbonyl (C=O) groups is 2. The normalized spacial score (nSPS) is 10.5. The van der Waals surface area contributed by atoms with Crippen molar-refractivity contribution in [3.05, 3.63) is 90.0 Å². The Balaban J connectivity index is 1.73. The van der Waals surface area contributed by atoms with E-state index in [4.69, 9.17) is 0 Å². The van der Waals surface area contributed by atoms with E-state index < -0.39 is 6.17 Å². The Labute approximate surface area is 176 Å². The molecule has 0 saturated heterocycles. The average Bonchev–Trinajstić information content (AvgIpc) is 2.74. The summed E-state index contributed by atoms with van der Waals surface area (Å²) in [7, 11) is 3.91. The van der Waals surface area contributed by atoms with Crippen molar-refractivity contribution >= 4 is 17.5 Å². The van der Waals surface area contributed by atoms with Gasteiger partial charge in [0.2, 0.25) is 11.8 Å². The topological polar surface area (TPSA) is 87.2 Å². The second kappa shape index (κ2) is 10.2. The second-order valence-corrected chi connectivity index (χ2v) is 7.13. The molecule has 0 aliphatic heterocycles. The summed E-state index contributed by atoms with van der Waals surface area (Å²) in [6.45, 7) is 0. The Morgan fingerprint density at radius 2 is 1.33 bits per heavy atom. The lowest BCUT2D eigenvalue weighted by atomic mass is 10.1. The highest BCUT2D eigenvalue weighted by molar-refractivity contribution is 5.82. The third kappa shape index (κ3) is 6.13. The fourth-order valence-corrected chi connectivity index (χ4v) is 2.97. The van der Waals surface area contributed by atoms with Crippen LogP contribution in [-0.4, -0.2) is 35.9 Å². The zero-order valence-corrected chi connectivity index (χ0v) is 17.1. The summed E-state index contributed by atoms with van der Waals surface area (Å²) in [4.78, 5) is 35.3. The Bertz CT molecular complexity index is 904. The molecule has 30 heavy (non-hydrogen) atoms. The zero-order valence-electron chi connectivity index (χ0n) is 17.1. The molecule has 2 N–H and O–H groups in total. The first-order chi connectivity index (χ1) is 14.5. The van der Waals surface area contributed by atoms with Crippen molar-refractivity contribution in [2.75, 3.05) is 19.0 Å². The number of nitrogens with one attached hydrogen (secondary N) is 2. The van der Waals surface area contributed by atoms with Gasteiger partial charge in [-0.25, -0.2) is 0 Å². The second-order valence-electron chi connectivity index (χ2n) is 7.13. The molecule has 0 bridgehead atoms. The lowest BCUT2D eigenvalue weighted by molar-refractivity contribution is -0.123. The molecule has 2 heterocycles. The van der Waals surface area contributed by atoms with E-state index in [2.05, 4.69) is 20.6 Å². The highest BCUT2D eigenvalue weighted by atomic mass is 16.2. The van der Waals surface area contributed by atoms with E-state index in [1.54, 1.807) is 36.9 Å². The van der Waals surface area contributed by atoms with Gasteiger partial charge < -0.3 is 15.5 Å². The van der Waals surface area contributed by atoms with Crippen LogP contribution in [0, 0.1) is 0 Å². The van der Waals surface area contributed by atoms with Crippen LogP contribution in [0.3, 0.4) is 0 Å². The predicted octanol–water partition coefficient (Wildman–Crippen LogP) is 2.26. The van der Waals surface area contributed by atoms with Gasteiger partial charge in [0, 0.05) is 44.6 Å². The standard InChI is InChI=1S/C23H25N5O2/c1-28(2)20-9-7-19(8-10-20)23(26-21(29)13-17-5-3-11-24-15-17)27-22(30)14-18-6-4-12-25-16-18/h3-12,15-16,23H,13-14H2,1-2H3,(H,26,29)(H,27,30). The lowest BCUT2D eigenvalue weighted by Gasteiger charge is -2.22. The predicted molar refractivity (Wildman–Crippen MR) is 116 cm³/mol. The summed E-state index contributed by atoms with van der Waals surface area (Å²) in [6.07, 6.45) is 6.35. The molecule has 7 nitrogen and oxygen atoms in total. The van der Waals surface area contributed by atoms with Crippen LogP contribution >= 0.6 is 0 Å². The number of aromatic nitrogens is 2. The molecular formula is C23H25N5O2. The van der Waals surface area contributed by atoms with Crippen LogP contribution in [0.4, 0.5) is 5.69 Å². The number of anilines is 1. The van der Waals surface area contributed by atoms with Gasteiger partial charge in [0.25, 0.3) is 0 Å². The number of nitrogens with zero attached hydrogens (tertiary/aromatic N) is 3. The van der Waals surface area contributed by atoms with E-state index in [0.29, 0.717) is 0 Å². The van der Waals surface area contributed by atoms with Gasteiger partial charge in [-0.1, -0.05) is 24.3 Å². The Kier molecular flexibility index (Phi) is 7.10. The number of benzene rings is 1. The fourth-order valence-electron chi connectivity index (χ4n) is 2.97. The minimum atomic E-state index is -0.644. The molecule has 2 aromatic heterocycles. The molecule has 3 rings (SSSR count). The van der Waals surface area contributed by atoms with Crippen LogP contribution in [0.2, 0.25) is 0 Å². The molecule has 7 heteroatoms. The quantitative estimate of drug-likeness (QED) is 0.564. The molecule has 154 valence electrons. The summed E-state index contributed by atoms with van der Waals surface area (Å²) in [6, 6.07) is 14.9. The van der Waals surface area contributed by atoms with Crippen molar-refractivity contribution < 1.29 is 9.59 Å². The molecule has 2 amide bonds. The van der Waals surface area contributed by atoms with E-state index in [9.17, 15) is 9.59 Å². The highest BCUT2D eigenvalue weighted by Gasteiger charge is 2.18. The Hall–Kier alpha value is -3.74. The Morgan fingerprint density at radius 1 is 0.833 bits per heavy atom. The summed E-state index contributed by atoms with van der Waals surface area (Å²) < 4.78 is 0. The molecule has 0 aliphatic rings. The minimum Gasteiger partial charge on any atom is -0.378 e. The third-order valence-electron chi connectivity index (χ3n) is 4.53. The highest BCUT2D eigenvalue weighted by Crippen LogP contribution is 2.17. The number of rotatable bonds is 8. The number of hydrogen-bond acceptors (Lipinski definition) is 5. The molecule has 3 aromatic rings. The van der Waals surface area contributed by atoms with Gasteiger partial charge in [-0.15, -0.1) is 0 Å². The van der Waals surface area contributed by atoms with Crippen LogP contribution in [-0.2, 0) is 22.4 Å². The number of amides is 2. The smallest absolute Gasteiger partial charge is 0.226 e. The van der Waals surface area contributed by atoms with Crippen molar-refractivity contribution in [3.8, 4) is 0 Å². The Morgan fingerprint density at radius 3 is 1.73 bits per heavy atom. The van der Waals surface area contributed by atoms with E-state index >= 15 is 0 Å². The van der Waals surface area contributed by atoms with Crippen LogP contribution in [0.15, 0.2) is 73.3 Å². The maximum absolute atomic E-state index is 12.6. The molecule has 0 unspecified atom stereocenters. The number of hydrogen-bond donors (Lipinski definition) is 2. The maximum atomic E-state index is 12.6. The van der Waals surface area contributed by atoms with Gasteiger partial charge in [0.15, 0.2) is 0 Å². The first kappa shape index (κ1) is 21.0. The van der Waals surface area contributed by atoms with Crippen molar-refractivity contribution in [3.63, 3.8) is 0 Å². The minimum absolute atomic E-state index is 0.179. The van der Waals surface area contributed by atoms with Crippen LogP contribution < -0.4 is 15.5 Å². The van der Waals surface area contributed by atoms with Crippen LogP contribution in [0.1, 0.15) is 22.9 Å². The molecule has 0 atom stereocenters. The first-order valence-corrected chi connectivity index (χ1v) is 9.65. The van der Waals surface area contributed by atoms with Crippen LogP contribution in [0.25, 0.3) is 0 Å². The maximum Gasteiger partial charge on any atom is 0.226 e. The van der Waals surface area contributed by atoms with Gasteiger partial charge in [-0.3, -0.25) is 19.6 Å². The third-order valence-corrected chi connectivity index (χ3v) is 4.53. The van der Waals surface area contributed by atoms with E-state index in [0.717, 1.165) is 22.4 Å². The van der Waals surface area contributed by atoms with Gasteiger partial charge in [-0.2, -0.15) is 0 Å². The monoisotopic (exact) mass is 403 g/mol. The summed E-state index contributed by atoms with van der Waals surface area (Å²) in [5.74, 6) is -0.405. The van der Waals surface area contributed by atoms with E-state index in [1.807, 2.05) is 55.4 Å². The number of pyridine rings is 2. The molecule has 0 aliphatic carbocycles. The molecule has 0 saturated carbocycles. The molecule has 0 fully saturated rings. The molecular weight excluding hydrogens is 378 g/mol. The van der Waals surface area contributed by atoms with Crippen molar-refractivity contribution in [2.24, 2.45) is 0 Å². The van der Waals surface area contributed by atoms with Crippen LogP contribution in [0.5, 0.6) is 0 Å². The number of carbonyl (C=O) groups excluding carboxylic acids is 2. The fraction of sp³-hybridized carbons (Fsp3) is 0.217. The summed E-state index contributed by atoms with van der Waals surface area (Å²) >= 11 is 0. The van der Waals surface area contributed by atoms with E-state index in [1.165, 1.54) is 0 Å². The van der Waals surface area contributed by atoms with Gasteiger partial charge in [-0.05, 0) is 41.0 Å². The molecule has 0 radical (unpaired) electrons. The lowest BCUT2D eigenvalue weighted by Crippen LogP contribution is -2.42.